The Morgan fingerprint density at radius 2 is 2.12 bits per heavy atom. The third-order valence-corrected chi connectivity index (χ3v) is 2.47. The van der Waals surface area contributed by atoms with Gasteiger partial charge in [0.1, 0.15) is 5.82 Å². The number of fused-ring (bicyclic) bond motifs is 1. The minimum atomic E-state index is -0.695. The summed E-state index contributed by atoms with van der Waals surface area (Å²) in [6.45, 7) is 5.29. The molecule has 1 aromatic carbocycles. The second-order valence-corrected chi connectivity index (χ2v) is 3.68. The van der Waals surface area contributed by atoms with Gasteiger partial charge in [-0.15, -0.1) is 6.58 Å². The van der Waals surface area contributed by atoms with Crippen LogP contribution >= 0.6 is 0 Å². The Kier molecular flexibility index (Phi) is 2.34. The number of aryl methyl sites for hydroxylation is 1. The predicted molar refractivity (Wildman–Crippen MR) is 58.0 cm³/mol. The monoisotopic (exact) mass is 219 g/mol. The van der Waals surface area contributed by atoms with Gasteiger partial charge in [-0.1, -0.05) is 6.08 Å². The molecule has 1 aliphatic heterocycles. The van der Waals surface area contributed by atoms with E-state index in [0.29, 0.717) is 5.56 Å². The van der Waals surface area contributed by atoms with Crippen molar-refractivity contribution in [2.45, 2.75) is 6.92 Å². The minimum absolute atomic E-state index is 0.0699. The summed E-state index contributed by atoms with van der Waals surface area (Å²) in [4.78, 5) is 24.3. The number of hydrogen-bond acceptors (Lipinski definition) is 2. The highest BCUT2D eigenvalue weighted by atomic mass is 19.1. The molecule has 0 radical (unpaired) electrons. The highest BCUT2D eigenvalue weighted by molar-refractivity contribution is 6.52. The first-order valence-electron chi connectivity index (χ1n) is 4.83. The van der Waals surface area contributed by atoms with E-state index in [0.717, 1.165) is 4.90 Å². The zero-order valence-corrected chi connectivity index (χ0v) is 8.79. The molecule has 0 atom stereocenters. The van der Waals surface area contributed by atoms with Gasteiger partial charge in [0.05, 0.1) is 11.3 Å². The first-order chi connectivity index (χ1) is 7.56. The van der Waals surface area contributed by atoms with Crippen molar-refractivity contribution in [1.82, 2.24) is 0 Å². The van der Waals surface area contributed by atoms with Crippen LogP contribution in [-0.4, -0.2) is 18.2 Å². The molecule has 0 saturated carbocycles. The molecule has 4 heteroatoms. The summed E-state index contributed by atoms with van der Waals surface area (Å²) >= 11 is 0. The lowest BCUT2D eigenvalue weighted by molar-refractivity contribution is -0.114. The Bertz CT molecular complexity index is 508. The van der Waals surface area contributed by atoms with E-state index >= 15 is 0 Å². The summed E-state index contributed by atoms with van der Waals surface area (Å²) in [5.74, 6) is -1.89. The van der Waals surface area contributed by atoms with Gasteiger partial charge in [0, 0.05) is 6.54 Å². The zero-order chi connectivity index (χ0) is 11.9. The van der Waals surface area contributed by atoms with Crippen molar-refractivity contribution in [2.24, 2.45) is 0 Å². The van der Waals surface area contributed by atoms with Crippen LogP contribution in [0.25, 0.3) is 0 Å². The van der Waals surface area contributed by atoms with Crippen molar-refractivity contribution < 1.29 is 14.0 Å². The molecule has 1 heterocycles. The van der Waals surface area contributed by atoms with Crippen molar-refractivity contribution in [3.05, 3.63) is 41.7 Å². The lowest BCUT2D eigenvalue weighted by Crippen LogP contribution is -2.30. The number of halogens is 1. The quantitative estimate of drug-likeness (QED) is 0.562. The topological polar surface area (TPSA) is 37.4 Å². The lowest BCUT2D eigenvalue weighted by atomic mass is 10.1. The molecule has 2 rings (SSSR count). The fourth-order valence-corrected chi connectivity index (χ4v) is 1.82. The molecule has 0 bridgehead atoms. The van der Waals surface area contributed by atoms with Crippen molar-refractivity contribution in [1.29, 1.82) is 0 Å². The van der Waals surface area contributed by atoms with Gasteiger partial charge < -0.3 is 0 Å². The van der Waals surface area contributed by atoms with E-state index in [-0.39, 0.29) is 17.8 Å². The van der Waals surface area contributed by atoms with Gasteiger partial charge in [0.25, 0.3) is 11.7 Å². The van der Waals surface area contributed by atoms with Gasteiger partial charge in [0.15, 0.2) is 0 Å². The van der Waals surface area contributed by atoms with E-state index < -0.39 is 17.5 Å². The average molecular weight is 219 g/mol. The van der Waals surface area contributed by atoms with Crippen LogP contribution in [-0.2, 0) is 4.79 Å². The van der Waals surface area contributed by atoms with E-state index in [1.165, 1.54) is 18.2 Å². The SMILES string of the molecule is C=CCN1C(=O)C(=O)c2cc(C)cc(F)c21. The maximum atomic E-state index is 13.7. The molecule has 0 aromatic heterocycles. The standard InChI is InChI=1S/C12H10FNO2/c1-3-4-14-10-8(11(15)12(14)16)5-7(2)6-9(10)13/h3,5-6H,1,4H2,2H3. The van der Waals surface area contributed by atoms with E-state index in [1.54, 1.807) is 6.92 Å². The third kappa shape index (κ3) is 1.34. The van der Waals surface area contributed by atoms with Crippen LogP contribution in [0.15, 0.2) is 24.8 Å². The number of carbonyl (C=O) groups is 2. The Labute approximate surface area is 92.2 Å². The summed E-state index contributed by atoms with van der Waals surface area (Å²) in [6.07, 6.45) is 1.46. The molecule has 0 aliphatic carbocycles. The molecule has 1 amide bonds. The Morgan fingerprint density at radius 3 is 2.75 bits per heavy atom. The number of hydrogen-bond donors (Lipinski definition) is 0. The number of Topliss-reactive ketones (excluding diaryl/α,β-unsaturated/α-hetero) is 1. The van der Waals surface area contributed by atoms with Crippen LogP contribution in [0.1, 0.15) is 15.9 Å². The number of rotatable bonds is 2. The molecule has 3 nitrogen and oxygen atoms in total. The molecule has 1 aromatic rings. The number of benzene rings is 1. The maximum Gasteiger partial charge on any atom is 0.299 e. The smallest absolute Gasteiger partial charge is 0.298 e. The van der Waals surface area contributed by atoms with Crippen molar-refractivity contribution in [3.63, 3.8) is 0 Å². The van der Waals surface area contributed by atoms with E-state index in [2.05, 4.69) is 6.58 Å². The number of ketones is 1. The summed E-state index contributed by atoms with van der Waals surface area (Å²) in [7, 11) is 0. The zero-order valence-electron chi connectivity index (χ0n) is 8.79. The number of amides is 1. The van der Waals surface area contributed by atoms with Gasteiger partial charge in [0.2, 0.25) is 0 Å². The molecule has 1 aliphatic rings. The Morgan fingerprint density at radius 1 is 1.44 bits per heavy atom. The summed E-state index contributed by atoms with van der Waals surface area (Å²) < 4.78 is 13.7. The van der Waals surface area contributed by atoms with Crippen LogP contribution in [0.2, 0.25) is 0 Å². The fourth-order valence-electron chi connectivity index (χ4n) is 1.82. The van der Waals surface area contributed by atoms with Crippen molar-refractivity contribution >= 4 is 17.4 Å². The average Bonchev–Trinajstić information content (AvgIpc) is 2.44. The van der Waals surface area contributed by atoms with Gasteiger partial charge in [-0.2, -0.15) is 0 Å². The molecule has 0 N–H and O–H groups in total. The fraction of sp³-hybridized carbons (Fsp3) is 0.167. The number of nitrogens with zero attached hydrogens (tertiary/aromatic N) is 1. The van der Waals surface area contributed by atoms with Crippen LogP contribution in [0.5, 0.6) is 0 Å². The normalized spacial score (nSPS) is 14.2. The first kappa shape index (κ1) is 10.5. The van der Waals surface area contributed by atoms with E-state index in [1.807, 2.05) is 0 Å². The van der Waals surface area contributed by atoms with Gasteiger partial charge >= 0.3 is 0 Å². The van der Waals surface area contributed by atoms with Gasteiger partial charge in [-0.3, -0.25) is 14.5 Å². The maximum absolute atomic E-state index is 13.7. The molecule has 0 spiro atoms. The second kappa shape index (κ2) is 3.56. The van der Waals surface area contributed by atoms with E-state index in [4.69, 9.17) is 0 Å². The highest BCUT2D eigenvalue weighted by Gasteiger charge is 2.37. The van der Waals surface area contributed by atoms with Crippen LogP contribution < -0.4 is 4.90 Å². The molecular weight excluding hydrogens is 209 g/mol. The van der Waals surface area contributed by atoms with Gasteiger partial charge in [-0.25, -0.2) is 4.39 Å². The third-order valence-electron chi connectivity index (χ3n) is 2.47. The second-order valence-electron chi connectivity index (χ2n) is 3.68. The Balaban J connectivity index is 2.65. The van der Waals surface area contributed by atoms with Crippen LogP contribution in [0, 0.1) is 12.7 Å². The Hall–Kier alpha value is -1.97. The molecule has 0 fully saturated rings. The largest absolute Gasteiger partial charge is 0.299 e. The van der Waals surface area contributed by atoms with Crippen molar-refractivity contribution in [2.75, 3.05) is 11.4 Å². The lowest BCUT2D eigenvalue weighted by Gasteiger charge is -2.14. The number of anilines is 1. The summed E-state index contributed by atoms with van der Waals surface area (Å²) in [5.41, 5.74) is 0.836. The first-order valence-corrected chi connectivity index (χ1v) is 4.83. The number of carbonyl (C=O) groups excluding carboxylic acids is 2. The molecular formula is C12H10FNO2. The summed E-state index contributed by atoms with van der Waals surface area (Å²) in [6, 6.07) is 2.84. The van der Waals surface area contributed by atoms with E-state index in [9.17, 15) is 14.0 Å². The van der Waals surface area contributed by atoms with Crippen LogP contribution in [0.3, 0.4) is 0 Å². The van der Waals surface area contributed by atoms with Crippen LogP contribution in [0.4, 0.5) is 10.1 Å². The molecule has 0 unspecified atom stereocenters. The predicted octanol–water partition coefficient (Wildman–Crippen LogP) is 1.85. The minimum Gasteiger partial charge on any atom is -0.298 e. The van der Waals surface area contributed by atoms with Crippen molar-refractivity contribution in [3.8, 4) is 0 Å². The molecule has 82 valence electrons. The highest BCUT2D eigenvalue weighted by Crippen LogP contribution is 2.32. The molecule has 16 heavy (non-hydrogen) atoms. The summed E-state index contributed by atoms with van der Waals surface area (Å²) in [5, 5.41) is 0. The molecule has 0 saturated heterocycles. The van der Waals surface area contributed by atoms with Gasteiger partial charge in [-0.05, 0) is 24.6 Å².